The van der Waals surface area contributed by atoms with Crippen LogP contribution in [0.2, 0.25) is 5.02 Å². The van der Waals surface area contributed by atoms with Gasteiger partial charge in [-0.25, -0.2) is 0 Å². The van der Waals surface area contributed by atoms with Gasteiger partial charge < -0.3 is 9.84 Å². The van der Waals surface area contributed by atoms with Gasteiger partial charge in [0.2, 0.25) is 6.39 Å². The number of hydrogen-bond donors (Lipinski definition) is 1. The van der Waals surface area contributed by atoms with E-state index < -0.39 is 0 Å². The Labute approximate surface area is 111 Å². The van der Waals surface area contributed by atoms with Crippen molar-refractivity contribution in [1.29, 1.82) is 0 Å². The Morgan fingerprint density at radius 3 is 2.78 bits per heavy atom. The molecule has 2 aromatic rings. The van der Waals surface area contributed by atoms with Gasteiger partial charge in [0.1, 0.15) is 0 Å². The van der Waals surface area contributed by atoms with Crippen LogP contribution in [-0.4, -0.2) is 22.7 Å². The lowest BCUT2D eigenvalue weighted by Gasteiger charge is -2.13. The highest BCUT2D eigenvalue weighted by Crippen LogP contribution is 2.10. The van der Waals surface area contributed by atoms with E-state index >= 15 is 0 Å². The minimum atomic E-state index is 0.401. The van der Waals surface area contributed by atoms with Crippen molar-refractivity contribution in [2.45, 2.75) is 25.8 Å². The third kappa shape index (κ3) is 4.13. The van der Waals surface area contributed by atoms with E-state index in [-0.39, 0.29) is 0 Å². The van der Waals surface area contributed by atoms with E-state index in [0.29, 0.717) is 6.04 Å². The van der Waals surface area contributed by atoms with Gasteiger partial charge in [0.15, 0.2) is 5.82 Å². The van der Waals surface area contributed by atoms with Gasteiger partial charge in [-0.2, -0.15) is 4.98 Å². The van der Waals surface area contributed by atoms with Gasteiger partial charge >= 0.3 is 0 Å². The molecule has 4 nitrogen and oxygen atoms in total. The second-order valence-corrected chi connectivity index (χ2v) is 4.72. The number of hydrogen-bond acceptors (Lipinski definition) is 4. The topological polar surface area (TPSA) is 51.0 Å². The van der Waals surface area contributed by atoms with Crippen molar-refractivity contribution in [3.63, 3.8) is 0 Å². The van der Waals surface area contributed by atoms with Crippen LogP contribution < -0.4 is 5.32 Å². The zero-order valence-electron chi connectivity index (χ0n) is 10.3. The van der Waals surface area contributed by atoms with Crippen molar-refractivity contribution >= 4 is 11.6 Å². The van der Waals surface area contributed by atoms with Gasteiger partial charge in [0.05, 0.1) is 0 Å². The summed E-state index contributed by atoms with van der Waals surface area (Å²) in [4.78, 5) is 3.97. The number of nitrogens with one attached hydrogen (secondary N) is 1. The summed E-state index contributed by atoms with van der Waals surface area (Å²) in [6, 6.07) is 8.35. The highest BCUT2D eigenvalue weighted by Gasteiger charge is 2.04. The third-order valence-corrected chi connectivity index (χ3v) is 2.96. The van der Waals surface area contributed by atoms with E-state index in [1.165, 1.54) is 12.0 Å². The lowest BCUT2D eigenvalue weighted by molar-refractivity contribution is 0.408. The maximum atomic E-state index is 5.85. The summed E-state index contributed by atoms with van der Waals surface area (Å²) in [5.74, 6) is 0.737. The number of nitrogens with zero attached hydrogens (tertiary/aromatic N) is 2. The van der Waals surface area contributed by atoms with Crippen LogP contribution in [0.3, 0.4) is 0 Å². The fraction of sp³-hybridized carbons (Fsp3) is 0.385. The summed E-state index contributed by atoms with van der Waals surface area (Å²) in [5, 5.41) is 7.97. The minimum absolute atomic E-state index is 0.401. The molecule has 2 rings (SSSR count). The number of halogens is 1. The maximum absolute atomic E-state index is 5.85. The molecule has 1 heterocycles. The summed E-state index contributed by atoms with van der Waals surface area (Å²) in [6.45, 7) is 3.00. The molecule has 5 heteroatoms. The first-order valence-electron chi connectivity index (χ1n) is 5.97. The van der Waals surface area contributed by atoms with Crippen LogP contribution >= 0.6 is 11.6 Å². The molecule has 1 aromatic heterocycles. The molecule has 1 atom stereocenters. The van der Waals surface area contributed by atoms with Crippen molar-refractivity contribution in [2.75, 3.05) is 6.54 Å². The normalized spacial score (nSPS) is 12.6. The Balaban J connectivity index is 1.71. The first-order valence-corrected chi connectivity index (χ1v) is 6.35. The van der Waals surface area contributed by atoms with Crippen LogP contribution in [0.1, 0.15) is 18.3 Å². The third-order valence-electron chi connectivity index (χ3n) is 2.70. The molecule has 18 heavy (non-hydrogen) atoms. The molecule has 1 aromatic carbocycles. The fourth-order valence-corrected chi connectivity index (χ4v) is 1.91. The van der Waals surface area contributed by atoms with Crippen LogP contribution in [0, 0.1) is 0 Å². The molecule has 0 saturated carbocycles. The average molecular weight is 266 g/mol. The Kier molecular flexibility index (Phi) is 4.73. The Morgan fingerprint density at radius 2 is 2.11 bits per heavy atom. The lowest BCUT2D eigenvalue weighted by atomic mass is 10.1. The Bertz CT molecular complexity index is 456. The van der Waals surface area contributed by atoms with Crippen molar-refractivity contribution in [3.8, 4) is 0 Å². The van der Waals surface area contributed by atoms with Crippen molar-refractivity contribution < 1.29 is 4.52 Å². The van der Waals surface area contributed by atoms with Crippen molar-refractivity contribution in [2.24, 2.45) is 0 Å². The highest BCUT2D eigenvalue weighted by atomic mass is 35.5. The SMILES string of the molecule is CC(Cc1ccc(Cl)cc1)NCCc1ncon1. The van der Waals surface area contributed by atoms with E-state index in [9.17, 15) is 0 Å². The quantitative estimate of drug-likeness (QED) is 0.872. The summed E-state index contributed by atoms with van der Waals surface area (Å²) in [6.07, 6.45) is 3.11. The molecule has 0 amide bonds. The Morgan fingerprint density at radius 1 is 1.33 bits per heavy atom. The molecule has 0 radical (unpaired) electrons. The Hall–Kier alpha value is -1.39. The standard InChI is InChI=1S/C13H16ClN3O/c1-10(8-11-2-4-12(14)5-3-11)15-7-6-13-16-9-18-17-13/h2-5,9-10,15H,6-8H2,1H3. The number of benzene rings is 1. The zero-order chi connectivity index (χ0) is 12.8. The maximum Gasteiger partial charge on any atom is 0.213 e. The molecule has 0 spiro atoms. The molecule has 0 bridgehead atoms. The number of rotatable bonds is 6. The van der Waals surface area contributed by atoms with Gasteiger partial charge in [-0.1, -0.05) is 28.9 Å². The molecule has 0 aliphatic rings. The second-order valence-electron chi connectivity index (χ2n) is 4.28. The van der Waals surface area contributed by atoms with E-state index in [0.717, 1.165) is 30.2 Å². The monoisotopic (exact) mass is 265 g/mol. The van der Waals surface area contributed by atoms with Gasteiger partial charge in [0.25, 0.3) is 0 Å². The van der Waals surface area contributed by atoms with Crippen LogP contribution in [-0.2, 0) is 12.8 Å². The van der Waals surface area contributed by atoms with E-state index in [2.05, 4.69) is 39.0 Å². The summed E-state index contributed by atoms with van der Waals surface area (Å²) in [5.41, 5.74) is 1.28. The molecule has 0 saturated heterocycles. The molecule has 0 aliphatic carbocycles. The van der Waals surface area contributed by atoms with Crippen LogP contribution in [0.4, 0.5) is 0 Å². The molecular weight excluding hydrogens is 250 g/mol. The van der Waals surface area contributed by atoms with Crippen LogP contribution in [0.25, 0.3) is 0 Å². The molecule has 0 aliphatic heterocycles. The largest absolute Gasteiger partial charge is 0.343 e. The predicted molar refractivity (Wildman–Crippen MR) is 70.6 cm³/mol. The van der Waals surface area contributed by atoms with Gasteiger partial charge in [0, 0.05) is 24.0 Å². The molecule has 1 N–H and O–H groups in total. The molecular formula is C13H16ClN3O. The lowest BCUT2D eigenvalue weighted by Crippen LogP contribution is -2.30. The summed E-state index contributed by atoms with van der Waals surface area (Å²) >= 11 is 5.85. The summed E-state index contributed by atoms with van der Waals surface area (Å²) in [7, 11) is 0. The van der Waals surface area contributed by atoms with E-state index in [4.69, 9.17) is 11.6 Å². The minimum Gasteiger partial charge on any atom is -0.343 e. The number of aromatic nitrogens is 2. The first kappa shape index (κ1) is 13.1. The smallest absolute Gasteiger partial charge is 0.213 e. The fourth-order valence-electron chi connectivity index (χ4n) is 1.78. The molecule has 96 valence electrons. The highest BCUT2D eigenvalue weighted by molar-refractivity contribution is 6.30. The van der Waals surface area contributed by atoms with E-state index in [1.807, 2.05) is 12.1 Å². The van der Waals surface area contributed by atoms with Gasteiger partial charge in [-0.15, -0.1) is 0 Å². The predicted octanol–water partition coefficient (Wildman–Crippen LogP) is 2.49. The zero-order valence-corrected chi connectivity index (χ0v) is 11.0. The first-order chi connectivity index (χ1) is 8.74. The molecule has 1 unspecified atom stereocenters. The van der Waals surface area contributed by atoms with Gasteiger partial charge in [-0.05, 0) is 31.0 Å². The summed E-state index contributed by atoms with van der Waals surface area (Å²) < 4.78 is 4.68. The van der Waals surface area contributed by atoms with Crippen LogP contribution in [0.5, 0.6) is 0 Å². The average Bonchev–Trinajstić information content (AvgIpc) is 2.85. The van der Waals surface area contributed by atoms with Gasteiger partial charge in [-0.3, -0.25) is 0 Å². The molecule has 0 fully saturated rings. The van der Waals surface area contributed by atoms with Crippen molar-refractivity contribution in [3.05, 3.63) is 47.1 Å². The second kappa shape index (κ2) is 6.52. The van der Waals surface area contributed by atoms with Crippen molar-refractivity contribution in [1.82, 2.24) is 15.5 Å². The van der Waals surface area contributed by atoms with E-state index in [1.54, 1.807) is 0 Å². The van der Waals surface area contributed by atoms with Crippen LogP contribution in [0.15, 0.2) is 35.2 Å².